The number of fused-ring (bicyclic) bond motifs is 1. The van der Waals surface area contributed by atoms with Crippen LogP contribution >= 0.6 is 0 Å². The van der Waals surface area contributed by atoms with E-state index >= 15 is 0 Å². The quantitative estimate of drug-likeness (QED) is 0.814. The first-order valence-electron chi connectivity index (χ1n) is 7.52. The summed E-state index contributed by atoms with van der Waals surface area (Å²) in [5, 5.41) is 3.12. The third kappa shape index (κ3) is 2.20. The lowest BCUT2D eigenvalue weighted by atomic mass is 9.75. The van der Waals surface area contributed by atoms with E-state index in [2.05, 4.69) is 17.1 Å². The van der Waals surface area contributed by atoms with Gasteiger partial charge in [0, 0.05) is 18.2 Å². The lowest BCUT2D eigenvalue weighted by Gasteiger charge is -2.46. The number of carbonyl (C=O) groups excluding carboxylic acids is 1. The standard InChI is InChI=1S/C15H24N2O/c1-2-7-17-8-3-4-12-9-13-11(10-14(12)17)5-6-15(18)16-13/h12,14H,2-10H2,1H3,(H,16,18)/t12-,14-/m0/s1. The van der Waals surface area contributed by atoms with Crippen LogP contribution in [0.2, 0.25) is 0 Å². The van der Waals surface area contributed by atoms with E-state index in [4.69, 9.17) is 0 Å². The number of carbonyl (C=O) groups is 1. The zero-order chi connectivity index (χ0) is 12.5. The van der Waals surface area contributed by atoms with Crippen LogP contribution in [0.25, 0.3) is 0 Å². The highest BCUT2D eigenvalue weighted by Gasteiger charge is 2.37. The van der Waals surface area contributed by atoms with Crippen molar-refractivity contribution in [3.8, 4) is 0 Å². The van der Waals surface area contributed by atoms with Crippen molar-refractivity contribution >= 4 is 5.91 Å². The number of hydrogen-bond donors (Lipinski definition) is 1. The third-order valence-electron chi connectivity index (χ3n) is 4.84. The average Bonchev–Trinajstić information content (AvgIpc) is 2.37. The molecule has 3 rings (SSSR count). The maximum Gasteiger partial charge on any atom is 0.224 e. The Hall–Kier alpha value is -0.830. The molecule has 3 heteroatoms. The molecule has 1 N–H and O–H groups in total. The summed E-state index contributed by atoms with van der Waals surface area (Å²) in [6, 6.07) is 0.757. The minimum atomic E-state index is 0.230. The Balaban J connectivity index is 1.77. The summed E-state index contributed by atoms with van der Waals surface area (Å²) >= 11 is 0. The van der Waals surface area contributed by atoms with Crippen LogP contribution in [0, 0.1) is 5.92 Å². The van der Waals surface area contributed by atoms with Gasteiger partial charge in [-0.3, -0.25) is 9.69 Å². The van der Waals surface area contributed by atoms with Gasteiger partial charge in [0.15, 0.2) is 0 Å². The molecule has 3 nitrogen and oxygen atoms in total. The molecule has 100 valence electrons. The highest BCUT2D eigenvalue weighted by molar-refractivity contribution is 5.79. The van der Waals surface area contributed by atoms with E-state index in [0.717, 1.165) is 24.8 Å². The first kappa shape index (κ1) is 12.2. The number of hydrogen-bond acceptors (Lipinski definition) is 2. The average molecular weight is 248 g/mol. The predicted molar refractivity (Wildman–Crippen MR) is 72.0 cm³/mol. The Morgan fingerprint density at radius 1 is 1.33 bits per heavy atom. The fraction of sp³-hybridized carbons (Fsp3) is 0.800. The van der Waals surface area contributed by atoms with Gasteiger partial charge in [0.1, 0.15) is 0 Å². The molecule has 0 spiro atoms. The monoisotopic (exact) mass is 248 g/mol. The zero-order valence-electron chi connectivity index (χ0n) is 11.4. The molecule has 1 fully saturated rings. The number of rotatable bonds is 2. The van der Waals surface area contributed by atoms with Gasteiger partial charge in [-0.05, 0) is 63.1 Å². The summed E-state index contributed by atoms with van der Waals surface area (Å²) in [6.07, 6.45) is 7.96. The third-order valence-corrected chi connectivity index (χ3v) is 4.84. The Labute approximate surface area is 110 Å². The Kier molecular flexibility index (Phi) is 3.42. The molecule has 0 aromatic rings. The topological polar surface area (TPSA) is 32.3 Å². The van der Waals surface area contributed by atoms with E-state index < -0.39 is 0 Å². The molecule has 0 saturated carbocycles. The lowest BCUT2D eigenvalue weighted by Crippen LogP contribution is -2.49. The molecule has 1 aliphatic carbocycles. The maximum absolute atomic E-state index is 11.5. The van der Waals surface area contributed by atoms with Gasteiger partial charge in [0.25, 0.3) is 0 Å². The first-order chi connectivity index (χ1) is 8.78. The van der Waals surface area contributed by atoms with Crippen LogP contribution in [-0.4, -0.2) is 29.9 Å². The number of allylic oxidation sites excluding steroid dienone is 1. The SMILES string of the molecule is CCCN1CCC[C@H]2CC3=C(CCC(=O)N3)C[C@@H]21. The van der Waals surface area contributed by atoms with Gasteiger partial charge in [0.05, 0.1) is 0 Å². The Morgan fingerprint density at radius 2 is 2.22 bits per heavy atom. The molecule has 0 radical (unpaired) electrons. The predicted octanol–water partition coefficient (Wildman–Crippen LogP) is 2.43. The van der Waals surface area contributed by atoms with Crippen molar-refractivity contribution in [1.29, 1.82) is 0 Å². The minimum absolute atomic E-state index is 0.230. The zero-order valence-corrected chi connectivity index (χ0v) is 11.4. The van der Waals surface area contributed by atoms with E-state index in [1.807, 2.05) is 0 Å². The summed E-state index contributed by atoms with van der Waals surface area (Å²) in [7, 11) is 0. The molecule has 1 amide bonds. The maximum atomic E-state index is 11.5. The van der Waals surface area contributed by atoms with Crippen LogP contribution in [0.15, 0.2) is 11.3 Å². The van der Waals surface area contributed by atoms with Crippen LogP contribution in [0.1, 0.15) is 51.9 Å². The lowest BCUT2D eigenvalue weighted by molar-refractivity contribution is -0.121. The molecule has 0 bridgehead atoms. The summed E-state index contributed by atoms with van der Waals surface area (Å²) < 4.78 is 0. The van der Waals surface area contributed by atoms with Gasteiger partial charge in [-0.2, -0.15) is 0 Å². The van der Waals surface area contributed by atoms with Gasteiger partial charge in [-0.15, -0.1) is 0 Å². The molecule has 1 saturated heterocycles. The van der Waals surface area contributed by atoms with E-state index in [1.54, 1.807) is 5.57 Å². The minimum Gasteiger partial charge on any atom is -0.330 e. The molecule has 0 unspecified atom stereocenters. The van der Waals surface area contributed by atoms with Crippen molar-refractivity contribution in [1.82, 2.24) is 10.2 Å². The summed E-state index contributed by atoms with van der Waals surface area (Å²) in [4.78, 5) is 14.2. The van der Waals surface area contributed by atoms with Gasteiger partial charge < -0.3 is 5.32 Å². The number of nitrogens with one attached hydrogen (secondary N) is 1. The second kappa shape index (κ2) is 5.04. The van der Waals surface area contributed by atoms with Gasteiger partial charge in [-0.1, -0.05) is 6.92 Å². The second-order valence-electron chi connectivity index (χ2n) is 6.04. The van der Waals surface area contributed by atoms with Crippen molar-refractivity contribution in [2.24, 2.45) is 5.92 Å². The number of amides is 1. The molecule has 0 aromatic heterocycles. The first-order valence-corrected chi connectivity index (χ1v) is 7.52. The van der Waals surface area contributed by atoms with E-state index in [1.165, 1.54) is 44.5 Å². The Bertz CT molecular complexity index is 373. The summed E-state index contributed by atoms with van der Waals surface area (Å²) in [5.74, 6) is 1.01. The highest BCUT2D eigenvalue weighted by atomic mass is 16.1. The van der Waals surface area contributed by atoms with Crippen molar-refractivity contribution < 1.29 is 4.79 Å². The van der Waals surface area contributed by atoms with Crippen LogP contribution in [-0.2, 0) is 4.79 Å². The molecular weight excluding hydrogens is 224 g/mol. The highest BCUT2D eigenvalue weighted by Crippen LogP contribution is 2.40. The number of likely N-dealkylation sites (tertiary alicyclic amines) is 1. The van der Waals surface area contributed by atoms with Crippen LogP contribution in [0.4, 0.5) is 0 Å². The molecule has 18 heavy (non-hydrogen) atoms. The van der Waals surface area contributed by atoms with Crippen LogP contribution in [0.5, 0.6) is 0 Å². The number of piperidine rings is 1. The molecule has 2 atom stereocenters. The van der Waals surface area contributed by atoms with E-state index in [9.17, 15) is 4.79 Å². The van der Waals surface area contributed by atoms with E-state index in [0.29, 0.717) is 6.42 Å². The Morgan fingerprint density at radius 3 is 3.06 bits per heavy atom. The fourth-order valence-electron chi connectivity index (χ4n) is 3.98. The van der Waals surface area contributed by atoms with Gasteiger partial charge >= 0.3 is 0 Å². The van der Waals surface area contributed by atoms with Crippen molar-refractivity contribution in [3.63, 3.8) is 0 Å². The fourth-order valence-corrected chi connectivity index (χ4v) is 3.98. The molecular formula is C15H24N2O. The van der Waals surface area contributed by atoms with Crippen LogP contribution < -0.4 is 5.32 Å². The largest absolute Gasteiger partial charge is 0.330 e. The number of nitrogens with zero attached hydrogens (tertiary/aromatic N) is 1. The van der Waals surface area contributed by atoms with Crippen molar-refractivity contribution in [3.05, 3.63) is 11.3 Å². The molecule has 3 aliphatic rings. The summed E-state index contributed by atoms with van der Waals surface area (Å²) in [6.45, 7) is 4.80. The normalized spacial score (nSPS) is 32.8. The molecule has 0 aromatic carbocycles. The van der Waals surface area contributed by atoms with Gasteiger partial charge in [-0.25, -0.2) is 0 Å². The molecule has 2 aliphatic heterocycles. The van der Waals surface area contributed by atoms with E-state index in [-0.39, 0.29) is 5.91 Å². The van der Waals surface area contributed by atoms with Crippen molar-refractivity contribution in [2.45, 2.75) is 57.9 Å². The van der Waals surface area contributed by atoms with Gasteiger partial charge in [0.2, 0.25) is 5.91 Å². The summed E-state index contributed by atoms with van der Waals surface area (Å²) in [5.41, 5.74) is 2.82. The van der Waals surface area contributed by atoms with Crippen LogP contribution in [0.3, 0.4) is 0 Å². The molecule has 2 heterocycles. The smallest absolute Gasteiger partial charge is 0.224 e. The van der Waals surface area contributed by atoms with Crippen molar-refractivity contribution in [2.75, 3.05) is 13.1 Å². The second-order valence-corrected chi connectivity index (χ2v) is 6.04.